The van der Waals surface area contributed by atoms with E-state index in [1.54, 1.807) is 17.0 Å². The van der Waals surface area contributed by atoms with E-state index in [0.717, 1.165) is 30.6 Å². The Labute approximate surface area is 180 Å². The van der Waals surface area contributed by atoms with E-state index in [2.05, 4.69) is 20.8 Å². The third-order valence-corrected chi connectivity index (χ3v) is 6.14. The van der Waals surface area contributed by atoms with Gasteiger partial charge in [-0.15, -0.1) is 10.2 Å². The molecule has 1 atom stereocenters. The number of aromatic nitrogens is 2. The van der Waals surface area contributed by atoms with E-state index < -0.39 is 0 Å². The van der Waals surface area contributed by atoms with Crippen molar-refractivity contribution < 1.29 is 14.4 Å². The Morgan fingerprint density at radius 3 is 2.47 bits per heavy atom. The quantitative estimate of drug-likeness (QED) is 0.704. The molecule has 30 heavy (non-hydrogen) atoms. The molecule has 1 saturated heterocycles. The van der Waals surface area contributed by atoms with E-state index in [1.807, 2.05) is 32.0 Å². The van der Waals surface area contributed by atoms with Gasteiger partial charge in [-0.1, -0.05) is 36.5 Å². The molecule has 1 fully saturated rings. The number of carbonyl (C=O) groups is 3. The van der Waals surface area contributed by atoms with Gasteiger partial charge in [0, 0.05) is 31.2 Å². The summed E-state index contributed by atoms with van der Waals surface area (Å²) in [5.74, 6) is -0.246. The molecule has 8 nitrogen and oxygen atoms in total. The molecule has 0 bridgehead atoms. The second-order valence-electron chi connectivity index (χ2n) is 7.55. The zero-order valence-electron chi connectivity index (χ0n) is 17.3. The van der Waals surface area contributed by atoms with Crippen molar-refractivity contribution in [3.8, 4) is 0 Å². The number of carbonyl (C=O) groups excluding carboxylic acids is 3. The van der Waals surface area contributed by atoms with Crippen LogP contribution >= 0.6 is 11.3 Å². The van der Waals surface area contributed by atoms with Crippen LogP contribution in [0.2, 0.25) is 0 Å². The molecule has 0 aliphatic carbocycles. The summed E-state index contributed by atoms with van der Waals surface area (Å²) < 4.78 is 0. The smallest absolute Gasteiger partial charge is 0.286 e. The van der Waals surface area contributed by atoms with Crippen molar-refractivity contribution in [3.63, 3.8) is 0 Å². The summed E-state index contributed by atoms with van der Waals surface area (Å²) in [4.78, 5) is 38.8. The molecule has 3 rings (SSSR count). The Bertz CT molecular complexity index is 878. The van der Waals surface area contributed by atoms with Crippen molar-refractivity contribution in [1.82, 2.24) is 20.4 Å². The average molecular weight is 430 g/mol. The molecule has 2 N–H and O–H groups in total. The summed E-state index contributed by atoms with van der Waals surface area (Å²) in [6, 6.07) is 9.24. The van der Waals surface area contributed by atoms with Gasteiger partial charge in [0.25, 0.3) is 11.8 Å². The Morgan fingerprint density at radius 1 is 1.13 bits per heavy atom. The van der Waals surface area contributed by atoms with Crippen LogP contribution in [-0.2, 0) is 4.79 Å². The lowest BCUT2D eigenvalue weighted by molar-refractivity contribution is -0.122. The number of hydrogen-bond acceptors (Lipinski definition) is 6. The molecule has 1 aliphatic rings. The minimum Gasteiger partial charge on any atom is -0.354 e. The van der Waals surface area contributed by atoms with Crippen molar-refractivity contribution in [3.05, 3.63) is 40.3 Å². The lowest BCUT2D eigenvalue weighted by Gasteiger charge is -2.31. The van der Waals surface area contributed by atoms with Gasteiger partial charge in [0.05, 0.1) is 0 Å². The van der Waals surface area contributed by atoms with Crippen molar-refractivity contribution in [2.45, 2.75) is 45.6 Å². The van der Waals surface area contributed by atoms with E-state index in [1.165, 1.54) is 0 Å². The predicted molar refractivity (Wildman–Crippen MR) is 115 cm³/mol. The predicted octanol–water partition coefficient (Wildman–Crippen LogP) is 2.95. The Kier molecular flexibility index (Phi) is 7.51. The molecule has 2 aromatic rings. The van der Waals surface area contributed by atoms with Crippen LogP contribution in [0.5, 0.6) is 0 Å². The number of nitrogens with one attached hydrogen (secondary N) is 2. The molecule has 0 radical (unpaired) electrons. The number of nitrogens with zero attached hydrogens (tertiary/aromatic N) is 3. The molecule has 0 spiro atoms. The number of anilines is 1. The molecule has 160 valence electrons. The first kappa shape index (κ1) is 21.9. The van der Waals surface area contributed by atoms with Crippen molar-refractivity contribution in [2.75, 3.05) is 18.4 Å². The molecule has 2 heterocycles. The maximum absolute atomic E-state index is 12.7. The number of rotatable bonds is 7. The molecule has 9 heteroatoms. The molecule has 0 saturated carbocycles. The third kappa shape index (κ3) is 5.85. The summed E-state index contributed by atoms with van der Waals surface area (Å²) in [7, 11) is 0. The SMILES string of the molecule is CC[C@@H](C)NC(=O)CC1CCN(C(=O)c2nnc(C(=O)Nc3ccccc3)s2)CC1. The summed E-state index contributed by atoms with van der Waals surface area (Å²) >= 11 is 0.993. The number of piperidine rings is 1. The second kappa shape index (κ2) is 10.3. The highest BCUT2D eigenvalue weighted by molar-refractivity contribution is 7.15. The van der Waals surface area contributed by atoms with Gasteiger partial charge in [-0.05, 0) is 44.2 Å². The summed E-state index contributed by atoms with van der Waals surface area (Å²) in [5, 5.41) is 13.9. The van der Waals surface area contributed by atoms with Gasteiger partial charge >= 0.3 is 0 Å². The van der Waals surface area contributed by atoms with Gasteiger partial charge in [-0.2, -0.15) is 0 Å². The fourth-order valence-corrected chi connectivity index (χ4v) is 3.99. The highest BCUT2D eigenvalue weighted by Gasteiger charge is 2.28. The zero-order chi connectivity index (χ0) is 21.5. The molecule has 1 aromatic heterocycles. The van der Waals surface area contributed by atoms with Crippen molar-refractivity contribution >= 4 is 34.7 Å². The van der Waals surface area contributed by atoms with Crippen molar-refractivity contribution in [1.29, 1.82) is 0 Å². The van der Waals surface area contributed by atoms with Crippen LogP contribution < -0.4 is 10.6 Å². The molecule has 1 aromatic carbocycles. The molecular formula is C21H27N5O3S. The summed E-state index contributed by atoms with van der Waals surface area (Å²) in [6.07, 6.45) is 2.96. The second-order valence-corrected chi connectivity index (χ2v) is 8.53. The highest BCUT2D eigenvalue weighted by Crippen LogP contribution is 2.23. The fourth-order valence-electron chi connectivity index (χ4n) is 3.28. The highest BCUT2D eigenvalue weighted by atomic mass is 32.1. The normalized spacial score (nSPS) is 15.5. The first-order valence-corrected chi connectivity index (χ1v) is 11.1. The number of amides is 3. The van der Waals surface area contributed by atoms with E-state index in [4.69, 9.17) is 0 Å². The number of benzene rings is 1. The number of para-hydroxylation sites is 1. The molecular weight excluding hydrogens is 402 g/mol. The topological polar surface area (TPSA) is 104 Å². The van der Waals surface area contributed by atoms with Gasteiger partial charge in [-0.25, -0.2) is 0 Å². The minimum atomic E-state index is -0.385. The van der Waals surface area contributed by atoms with E-state index in [9.17, 15) is 14.4 Å². The van der Waals surface area contributed by atoms with Gasteiger partial charge < -0.3 is 15.5 Å². The van der Waals surface area contributed by atoms with Crippen LogP contribution in [0.15, 0.2) is 30.3 Å². The Morgan fingerprint density at radius 2 is 1.80 bits per heavy atom. The molecule has 0 unspecified atom stereocenters. The van der Waals surface area contributed by atoms with E-state index in [-0.39, 0.29) is 39.7 Å². The standard InChI is InChI=1S/C21H27N5O3S/c1-3-14(2)22-17(27)13-15-9-11-26(12-10-15)21(29)20-25-24-19(30-20)18(28)23-16-7-5-4-6-8-16/h4-8,14-15H,3,9-13H2,1-2H3,(H,22,27)(H,23,28)/t14-/m1/s1. The largest absolute Gasteiger partial charge is 0.354 e. The van der Waals surface area contributed by atoms with Gasteiger partial charge in [-0.3, -0.25) is 14.4 Å². The average Bonchev–Trinajstić information content (AvgIpc) is 3.25. The van der Waals surface area contributed by atoms with Gasteiger partial charge in [0.2, 0.25) is 15.9 Å². The lowest BCUT2D eigenvalue weighted by Crippen LogP contribution is -2.40. The van der Waals surface area contributed by atoms with Crippen LogP contribution in [0.4, 0.5) is 5.69 Å². The van der Waals surface area contributed by atoms with Crippen LogP contribution in [-0.4, -0.2) is 52.0 Å². The summed E-state index contributed by atoms with van der Waals surface area (Å²) in [6.45, 7) is 5.19. The van der Waals surface area contributed by atoms with Crippen LogP contribution in [0.1, 0.15) is 59.1 Å². The maximum Gasteiger partial charge on any atom is 0.286 e. The minimum absolute atomic E-state index is 0.0762. The Balaban J connectivity index is 1.50. The van der Waals surface area contributed by atoms with E-state index >= 15 is 0 Å². The maximum atomic E-state index is 12.7. The Hall–Kier alpha value is -2.81. The van der Waals surface area contributed by atoms with E-state index in [0.29, 0.717) is 25.2 Å². The van der Waals surface area contributed by atoms with Crippen molar-refractivity contribution in [2.24, 2.45) is 5.92 Å². The first-order chi connectivity index (χ1) is 14.5. The molecule has 1 aliphatic heterocycles. The molecule has 3 amide bonds. The van der Waals surface area contributed by atoms with Crippen LogP contribution in [0.25, 0.3) is 0 Å². The summed E-state index contributed by atoms with van der Waals surface area (Å²) in [5.41, 5.74) is 0.657. The fraction of sp³-hybridized carbons (Fsp3) is 0.476. The van der Waals surface area contributed by atoms with Gasteiger partial charge in [0.15, 0.2) is 0 Å². The van der Waals surface area contributed by atoms with Gasteiger partial charge in [0.1, 0.15) is 0 Å². The van der Waals surface area contributed by atoms with Crippen LogP contribution in [0, 0.1) is 5.92 Å². The third-order valence-electron chi connectivity index (χ3n) is 5.23. The lowest BCUT2D eigenvalue weighted by atomic mass is 9.93. The zero-order valence-corrected chi connectivity index (χ0v) is 18.1. The van der Waals surface area contributed by atoms with Crippen LogP contribution in [0.3, 0.4) is 0 Å². The number of hydrogen-bond donors (Lipinski definition) is 2. The monoisotopic (exact) mass is 429 g/mol. The number of likely N-dealkylation sites (tertiary alicyclic amines) is 1. The first-order valence-electron chi connectivity index (χ1n) is 10.2.